The molecule has 0 bridgehead atoms. The van der Waals surface area contributed by atoms with Gasteiger partial charge in [0.1, 0.15) is 0 Å². The van der Waals surface area contributed by atoms with Gasteiger partial charge in [-0.25, -0.2) is 0 Å². The van der Waals surface area contributed by atoms with Crippen molar-refractivity contribution in [2.75, 3.05) is 11.9 Å². The zero-order valence-electron chi connectivity index (χ0n) is 16.8. The molecule has 0 saturated carbocycles. The Bertz CT molecular complexity index is 1120. The summed E-state index contributed by atoms with van der Waals surface area (Å²) < 4.78 is 0. The normalized spacial score (nSPS) is 13.7. The van der Waals surface area contributed by atoms with Gasteiger partial charge < -0.3 is 5.32 Å². The summed E-state index contributed by atoms with van der Waals surface area (Å²) in [5.74, 6) is -0.514. The third-order valence-corrected chi connectivity index (χ3v) is 6.33. The van der Waals surface area contributed by atoms with E-state index in [0.717, 1.165) is 6.54 Å². The summed E-state index contributed by atoms with van der Waals surface area (Å²) in [6.45, 7) is 5.34. The molecule has 1 aliphatic rings. The van der Waals surface area contributed by atoms with E-state index < -0.39 is 0 Å². The van der Waals surface area contributed by atoms with Gasteiger partial charge in [-0.2, -0.15) is 0 Å². The summed E-state index contributed by atoms with van der Waals surface area (Å²) in [7, 11) is 0. The average Bonchev–Trinajstić information content (AvgIpc) is 3.28. The summed E-state index contributed by atoms with van der Waals surface area (Å²) in [4.78, 5) is 41.8. The predicted molar refractivity (Wildman–Crippen MR) is 118 cm³/mol. The molecule has 1 amide bonds. The Morgan fingerprint density at radius 3 is 2.27 bits per heavy atom. The van der Waals surface area contributed by atoms with Gasteiger partial charge in [0.05, 0.1) is 6.04 Å². The summed E-state index contributed by atoms with van der Waals surface area (Å²) in [5.41, 5.74) is 2.04. The first-order valence-electron chi connectivity index (χ1n) is 9.89. The van der Waals surface area contributed by atoms with Crippen molar-refractivity contribution >= 4 is 34.5 Å². The Hall–Kier alpha value is -3.09. The van der Waals surface area contributed by atoms with E-state index in [0.29, 0.717) is 34.5 Å². The molecule has 0 radical (unpaired) electrons. The van der Waals surface area contributed by atoms with Crippen LogP contribution in [0.5, 0.6) is 0 Å². The number of likely N-dealkylation sites (N-methyl/N-ethyl adjacent to an activating group) is 1. The van der Waals surface area contributed by atoms with Crippen molar-refractivity contribution in [2.24, 2.45) is 0 Å². The minimum atomic E-state index is -0.341. The zero-order chi connectivity index (χ0) is 21.3. The van der Waals surface area contributed by atoms with E-state index in [1.54, 1.807) is 53.8 Å². The van der Waals surface area contributed by atoms with Crippen molar-refractivity contribution in [3.63, 3.8) is 0 Å². The van der Waals surface area contributed by atoms with Crippen LogP contribution in [0.3, 0.4) is 0 Å². The molecule has 1 aromatic heterocycles. The number of nitrogens with zero attached hydrogens (tertiary/aromatic N) is 1. The van der Waals surface area contributed by atoms with E-state index in [9.17, 15) is 14.4 Å². The van der Waals surface area contributed by atoms with Crippen LogP contribution in [0.25, 0.3) is 0 Å². The first kappa shape index (κ1) is 20.2. The number of benzene rings is 2. The molecule has 152 valence electrons. The molecule has 2 aromatic carbocycles. The molecule has 0 saturated heterocycles. The number of anilines is 1. The maximum Gasteiger partial charge on any atom is 0.241 e. The van der Waals surface area contributed by atoms with E-state index >= 15 is 0 Å². The van der Waals surface area contributed by atoms with Crippen molar-refractivity contribution in [3.05, 3.63) is 87.1 Å². The number of carbonyl (C=O) groups is 3. The summed E-state index contributed by atoms with van der Waals surface area (Å²) in [6, 6.07) is 15.4. The molecule has 1 atom stereocenters. The van der Waals surface area contributed by atoms with Gasteiger partial charge in [0.25, 0.3) is 0 Å². The van der Waals surface area contributed by atoms with Crippen molar-refractivity contribution < 1.29 is 14.4 Å². The minimum absolute atomic E-state index is 0.150. The molecule has 1 N–H and O–H groups in total. The Morgan fingerprint density at radius 2 is 1.63 bits per heavy atom. The lowest BCUT2D eigenvalue weighted by atomic mass is 9.84. The molecular formula is C24H22N2O3S. The van der Waals surface area contributed by atoms with Gasteiger partial charge >= 0.3 is 0 Å². The number of thiophene rings is 1. The third kappa shape index (κ3) is 3.72. The van der Waals surface area contributed by atoms with Gasteiger partial charge in [-0.15, -0.1) is 11.3 Å². The van der Waals surface area contributed by atoms with Crippen molar-refractivity contribution in [2.45, 2.75) is 26.4 Å². The van der Waals surface area contributed by atoms with Crippen LogP contribution in [-0.4, -0.2) is 35.0 Å². The fourth-order valence-electron chi connectivity index (χ4n) is 3.71. The number of rotatable bonds is 6. The largest absolute Gasteiger partial charge is 0.325 e. The van der Waals surface area contributed by atoms with Gasteiger partial charge in [-0.3, -0.25) is 19.3 Å². The van der Waals surface area contributed by atoms with Crippen molar-refractivity contribution in [3.8, 4) is 0 Å². The standard InChI is InChI=1S/C24H22N2O3S/c1-3-26(14-17-7-6-12-30-17)15(2)24(29)25-16-10-11-20-21(13-16)23(28)19-9-5-4-8-18(19)22(20)27/h4-13,15H,3,14H2,1-2H3,(H,25,29)/t15-/m1/s1. The van der Waals surface area contributed by atoms with Crippen LogP contribution in [0, 0.1) is 0 Å². The molecule has 4 rings (SSSR count). The maximum atomic E-state index is 12.9. The van der Waals surface area contributed by atoms with Gasteiger partial charge in [-0.1, -0.05) is 37.3 Å². The van der Waals surface area contributed by atoms with Crippen LogP contribution in [0.4, 0.5) is 5.69 Å². The predicted octanol–water partition coefficient (Wildman–Crippen LogP) is 4.37. The quantitative estimate of drug-likeness (QED) is 0.505. The second-order valence-electron chi connectivity index (χ2n) is 7.27. The average molecular weight is 419 g/mol. The Kier molecular flexibility index (Phi) is 5.61. The molecule has 1 heterocycles. The molecule has 0 unspecified atom stereocenters. The lowest BCUT2D eigenvalue weighted by Gasteiger charge is -2.26. The third-order valence-electron chi connectivity index (χ3n) is 5.47. The Balaban J connectivity index is 1.53. The molecule has 3 aromatic rings. The van der Waals surface area contributed by atoms with Crippen LogP contribution in [0.1, 0.15) is 50.6 Å². The fourth-order valence-corrected chi connectivity index (χ4v) is 4.44. The van der Waals surface area contributed by atoms with Crippen LogP contribution in [0.15, 0.2) is 60.0 Å². The van der Waals surface area contributed by atoms with Crippen LogP contribution in [0.2, 0.25) is 0 Å². The van der Waals surface area contributed by atoms with E-state index in [1.807, 2.05) is 25.3 Å². The first-order valence-corrected chi connectivity index (χ1v) is 10.8. The fraction of sp³-hybridized carbons (Fsp3) is 0.208. The summed E-state index contributed by atoms with van der Waals surface area (Å²) in [6.07, 6.45) is 0. The number of fused-ring (bicyclic) bond motifs is 2. The molecule has 30 heavy (non-hydrogen) atoms. The minimum Gasteiger partial charge on any atom is -0.325 e. The smallest absolute Gasteiger partial charge is 0.241 e. The zero-order valence-corrected chi connectivity index (χ0v) is 17.7. The molecule has 0 fully saturated rings. The van der Waals surface area contributed by atoms with E-state index in [-0.39, 0.29) is 23.5 Å². The molecule has 0 aliphatic heterocycles. The van der Waals surface area contributed by atoms with E-state index in [1.165, 1.54) is 4.88 Å². The highest BCUT2D eigenvalue weighted by Gasteiger charge is 2.30. The molecule has 0 spiro atoms. The number of ketones is 2. The lowest BCUT2D eigenvalue weighted by Crippen LogP contribution is -2.41. The highest BCUT2D eigenvalue weighted by molar-refractivity contribution is 7.09. The number of hydrogen-bond donors (Lipinski definition) is 1. The summed E-state index contributed by atoms with van der Waals surface area (Å²) in [5, 5.41) is 4.93. The molecular weight excluding hydrogens is 396 g/mol. The monoisotopic (exact) mass is 418 g/mol. The van der Waals surface area contributed by atoms with Crippen molar-refractivity contribution in [1.29, 1.82) is 0 Å². The highest BCUT2D eigenvalue weighted by atomic mass is 32.1. The first-order chi connectivity index (χ1) is 14.5. The number of nitrogens with one attached hydrogen (secondary N) is 1. The second kappa shape index (κ2) is 8.34. The molecule has 5 nitrogen and oxygen atoms in total. The summed E-state index contributed by atoms with van der Waals surface area (Å²) >= 11 is 1.67. The second-order valence-corrected chi connectivity index (χ2v) is 8.30. The highest BCUT2D eigenvalue weighted by Crippen LogP contribution is 2.29. The van der Waals surface area contributed by atoms with Gasteiger partial charge in [-0.05, 0) is 43.1 Å². The van der Waals surface area contributed by atoms with Crippen LogP contribution in [-0.2, 0) is 11.3 Å². The van der Waals surface area contributed by atoms with E-state index in [4.69, 9.17) is 0 Å². The number of carbonyl (C=O) groups excluding carboxylic acids is 3. The van der Waals surface area contributed by atoms with Crippen LogP contribution >= 0.6 is 11.3 Å². The van der Waals surface area contributed by atoms with Gasteiger partial charge in [0.2, 0.25) is 5.91 Å². The topological polar surface area (TPSA) is 66.5 Å². The Morgan fingerprint density at radius 1 is 0.967 bits per heavy atom. The lowest BCUT2D eigenvalue weighted by molar-refractivity contribution is -0.120. The van der Waals surface area contributed by atoms with Crippen LogP contribution < -0.4 is 5.32 Å². The SMILES string of the molecule is CCN(Cc1cccs1)[C@H](C)C(=O)Nc1ccc2c(c1)C(=O)c1ccccc1C2=O. The van der Waals surface area contributed by atoms with E-state index in [2.05, 4.69) is 16.3 Å². The number of amides is 1. The Labute approximate surface area is 179 Å². The maximum absolute atomic E-state index is 12.9. The van der Waals surface area contributed by atoms with Gasteiger partial charge in [0.15, 0.2) is 11.6 Å². The molecule has 1 aliphatic carbocycles. The van der Waals surface area contributed by atoms with Crippen molar-refractivity contribution in [1.82, 2.24) is 4.90 Å². The number of hydrogen-bond acceptors (Lipinski definition) is 5. The molecule has 6 heteroatoms. The van der Waals surface area contributed by atoms with Gasteiger partial charge in [0, 0.05) is 39.4 Å².